The fourth-order valence-electron chi connectivity index (χ4n) is 2.46. The van der Waals surface area contributed by atoms with E-state index in [0.717, 1.165) is 6.42 Å². The van der Waals surface area contributed by atoms with Crippen molar-refractivity contribution in [1.82, 2.24) is 5.32 Å². The summed E-state index contributed by atoms with van der Waals surface area (Å²) in [5.74, 6) is -0.800. The summed E-state index contributed by atoms with van der Waals surface area (Å²) in [7, 11) is 0. The first-order valence-corrected chi connectivity index (χ1v) is 6.33. The van der Waals surface area contributed by atoms with Crippen molar-refractivity contribution >= 4 is 12.1 Å². The highest BCUT2D eigenvalue weighted by atomic mass is 16.6. The maximum absolute atomic E-state index is 11.7. The molecule has 0 radical (unpaired) electrons. The molecule has 1 fully saturated rings. The van der Waals surface area contributed by atoms with Gasteiger partial charge in [0.2, 0.25) is 0 Å². The molecule has 5 heteroatoms. The zero-order valence-electron chi connectivity index (χ0n) is 11.7. The van der Waals surface area contributed by atoms with Crippen molar-refractivity contribution in [3.8, 4) is 0 Å². The normalized spacial score (nSPS) is 27.6. The van der Waals surface area contributed by atoms with Gasteiger partial charge in [0, 0.05) is 0 Å². The average molecular weight is 257 g/mol. The molecule has 0 aromatic rings. The Labute approximate surface area is 108 Å². The first-order valence-electron chi connectivity index (χ1n) is 6.33. The zero-order chi connectivity index (χ0) is 14.1. The van der Waals surface area contributed by atoms with Crippen LogP contribution in [0.15, 0.2) is 0 Å². The quantitative estimate of drug-likeness (QED) is 0.814. The summed E-state index contributed by atoms with van der Waals surface area (Å²) >= 11 is 0. The molecule has 5 nitrogen and oxygen atoms in total. The van der Waals surface area contributed by atoms with E-state index in [0.29, 0.717) is 6.42 Å². The Balaban J connectivity index is 2.77. The monoisotopic (exact) mass is 257 g/mol. The number of carbonyl (C=O) groups is 2. The fraction of sp³-hybridized carbons (Fsp3) is 0.846. The number of rotatable bonds is 3. The molecule has 1 aliphatic rings. The van der Waals surface area contributed by atoms with Crippen LogP contribution in [0.1, 0.15) is 47.5 Å². The van der Waals surface area contributed by atoms with Crippen molar-refractivity contribution in [1.29, 1.82) is 0 Å². The minimum atomic E-state index is -1.16. The second kappa shape index (κ2) is 4.78. The molecule has 104 valence electrons. The van der Waals surface area contributed by atoms with E-state index in [-0.39, 0.29) is 11.8 Å². The Morgan fingerprint density at radius 1 is 1.39 bits per heavy atom. The van der Waals surface area contributed by atoms with Gasteiger partial charge in [0.25, 0.3) is 0 Å². The molecule has 2 unspecified atom stereocenters. The van der Waals surface area contributed by atoms with Crippen LogP contribution in [0, 0.1) is 11.8 Å². The van der Waals surface area contributed by atoms with Crippen LogP contribution in [0.4, 0.5) is 4.79 Å². The molecule has 18 heavy (non-hydrogen) atoms. The maximum atomic E-state index is 11.7. The molecule has 2 N–H and O–H groups in total. The van der Waals surface area contributed by atoms with Gasteiger partial charge in [0.15, 0.2) is 0 Å². The third-order valence-corrected chi connectivity index (χ3v) is 3.39. The van der Waals surface area contributed by atoms with Gasteiger partial charge in [-0.2, -0.15) is 0 Å². The summed E-state index contributed by atoms with van der Waals surface area (Å²) in [4.78, 5) is 23.2. The highest BCUT2D eigenvalue weighted by Crippen LogP contribution is 2.43. The Bertz CT molecular complexity index is 345. The summed E-state index contributed by atoms with van der Waals surface area (Å²) < 4.78 is 5.13. The number of ether oxygens (including phenoxy) is 1. The highest BCUT2D eigenvalue weighted by molar-refractivity contribution is 5.86. The molecule has 0 bridgehead atoms. The van der Waals surface area contributed by atoms with Crippen molar-refractivity contribution in [2.45, 2.75) is 58.6 Å². The van der Waals surface area contributed by atoms with Gasteiger partial charge in [-0.05, 0) is 45.4 Å². The molecular weight excluding hydrogens is 234 g/mol. The van der Waals surface area contributed by atoms with E-state index >= 15 is 0 Å². The van der Waals surface area contributed by atoms with Crippen LogP contribution in [-0.4, -0.2) is 28.3 Å². The summed E-state index contributed by atoms with van der Waals surface area (Å²) in [6, 6.07) is 0. The van der Waals surface area contributed by atoms with Crippen LogP contribution in [-0.2, 0) is 9.53 Å². The molecule has 1 saturated carbocycles. The number of carboxylic acid groups (broad SMARTS) is 1. The Kier molecular flexibility index (Phi) is 3.93. The van der Waals surface area contributed by atoms with Crippen molar-refractivity contribution in [2.24, 2.45) is 11.8 Å². The number of carboxylic acids is 1. The lowest BCUT2D eigenvalue weighted by molar-refractivity contribution is -0.155. The predicted octanol–water partition coefficient (Wildman–Crippen LogP) is 2.40. The molecule has 0 spiro atoms. The van der Waals surface area contributed by atoms with Crippen LogP contribution in [0.25, 0.3) is 0 Å². The van der Waals surface area contributed by atoms with E-state index in [9.17, 15) is 14.7 Å². The van der Waals surface area contributed by atoms with Crippen LogP contribution >= 0.6 is 0 Å². The molecular formula is C13H23NO4. The number of carbonyl (C=O) groups excluding carboxylic acids is 1. The molecule has 0 aliphatic heterocycles. The van der Waals surface area contributed by atoms with Crippen molar-refractivity contribution in [3.05, 3.63) is 0 Å². The van der Waals surface area contributed by atoms with Gasteiger partial charge >= 0.3 is 12.1 Å². The molecule has 0 heterocycles. The number of hydrogen-bond donors (Lipinski definition) is 2. The van der Waals surface area contributed by atoms with Gasteiger partial charge in [-0.15, -0.1) is 0 Å². The lowest BCUT2D eigenvalue weighted by Crippen LogP contribution is -2.66. The van der Waals surface area contributed by atoms with Gasteiger partial charge in [-0.3, -0.25) is 0 Å². The highest BCUT2D eigenvalue weighted by Gasteiger charge is 2.55. The van der Waals surface area contributed by atoms with Crippen LogP contribution in [0.2, 0.25) is 0 Å². The van der Waals surface area contributed by atoms with Crippen molar-refractivity contribution in [2.75, 3.05) is 0 Å². The van der Waals surface area contributed by atoms with Gasteiger partial charge in [0.05, 0.1) is 0 Å². The van der Waals surface area contributed by atoms with E-state index in [1.54, 1.807) is 20.8 Å². The molecule has 0 aromatic carbocycles. The van der Waals surface area contributed by atoms with Crippen molar-refractivity contribution < 1.29 is 19.4 Å². The molecule has 1 rings (SSSR count). The number of amides is 1. The summed E-state index contributed by atoms with van der Waals surface area (Å²) in [6.07, 6.45) is 0.625. The first-order chi connectivity index (χ1) is 8.08. The smallest absolute Gasteiger partial charge is 0.408 e. The van der Waals surface area contributed by atoms with Crippen LogP contribution in [0.5, 0.6) is 0 Å². The van der Waals surface area contributed by atoms with Gasteiger partial charge in [-0.25, -0.2) is 9.59 Å². The minimum absolute atomic E-state index is 0.0393. The fourth-order valence-corrected chi connectivity index (χ4v) is 2.46. The average Bonchev–Trinajstić information content (AvgIpc) is 2.07. The Morgan fingerprint density at radius 2 is 1.94 bits per heavy atom. The second-order valence-electron chi connectivity index (χ2n) is 6.29. The van der Waals surface area contributed by atoms with Crippen LogP contribution in [0.3, 0.4) is 0 Å². The molecule has 0 aromatic heterocycles. The van der Waals surface area contributed by atoms with Gasteiger partial charge in [0.1, 0.15) is 11.1 Å². The number of alkyl carbamates (subject to hydrolysis) is 1. The molecule has 0 saturated heterocycles. The lowest BCUT2D eigenvalue weighted by Gasteiger charge is -2.48. The summed E-state index contributed by atoms with van der Waals surface area (Å²) in [6.45, 7) is 9.19. The Hall–Kier alpha value is -1.26. The number of aliphatic carboxylic acids is 1. The van der Waals surface area contributed by atoms with E-state index < -0.39 is 23.2 Å². The Morgan fingerprint density at radius 3 is 2.22 bits per heavy atom. The first kappa shape index (κ1) is 14.8. The number of nitrogens with one attached hydrogen (secondary N) is 1. The topological polar surface area (TPSA) is 75.6 Å². The third-order valence-electron chi connectivity index (χ3n) is 3.39. The zero-order valence-corrected chi connectivity index (χ0v) is 11.7. The van der Waals surface area contributed by atoms with Gasteiger partial charge < -0.3 is 15.2 Å². The van der Waals surface area contributed by atoms with E-state index in [2.05, 4.69) is 5.32 Å². The van der Waals surface area contributed by atoms with E-state index in [1.807, 2.05) is 13.8 Å². The summed E-state index contributed by atoms with van der Waals surface area (Å²) in [5, 5.41) is 11.9. The lowest BCUT2D eigenvalue weighted by atomic mass is 9.62. The molecule has 1 amide bonds. The largest absolute Gasteiger partial charge is 0.479 e. The van der Waals surface area contributed by atoms with Gasteiger partial charge in [-0.1, -0.05) is 13.8 Å². The van der Waals surface area contributed by atoms with Crippen molar-refractivity contribution in [3.63, 3.8) is 0 Å². The standard InChI is InChI=1S/C13H23NO4/c1-8(2)9-6-7-13(9,10(15)16)14-11(17)18-12(3,4)5/h8-9H,6-7H2,1-5H3,(H,14,17)(H,15,16). The number of hydrogen-bond acceptors (Lipinski definition) is 3. The molecule has 2 atom stereocenters. The SMILES string of the molecule is CC(C)C1CCC1(NC(=O)OC(C)(C)C)C(=O)O. The third kappa shape index (κ3) is 2.94. The van der Waals surface area contributed by atoms with E-state index in [1.165, 1.54) is 0 Å². The summed E-state index contributed by atoms with van der Waals surface area (Å²) in [5.41, 5.74) is -1.78. The molecule has 1 aliphatic carbocycles. The second-order valence-corrected chi connectivity index (χ2v) is 6.29. The van der Waals surface area contributed by atoms with Crippen LogP contribution < -0.4 is 5.32 Å². The van der Waals surface area contributed by atoms with E-state index in [4.69, 9.17) is 4.74 Å². The maximum Gasteiger partial charge on any atom is 0.408 e. The predicted molar refractivity (Wildman–Crippen MR) is 67.3 cm³/mol. The minimum Gasteiger partial charge on any atom is -0.479 e.